The summed E-state index contributed by atoms with van der Waals surface area (Å²) in [6.07, 6.45) is 5.73. The van der Waals surface area contributed by atoms with E-state index in [2.05, 4.69) is 45.1 Å². The van der Waals surface area contributed by atoms with E-state index >= 15 is 0 Å². The molecule has 0 radical (unpaired) electrons. The van der Waals surface area contributed by atoms with Crippen LogP contribution in [0.1, 0.15) is 29.4 Å². The summed E-state index contributed by atoms with van der Waals surface area (Å²) in [5.74, 6) is 2.48. The minimum absolute atomic E-state index is 0.0260. The second kappa shape index (κ2) is 15.9. The molecule has 7 nitrogen and oxygen atoms in total. The molecule has 0 spiro atoms. The van der Waals surface area contributed by atoms with Crippen LogP contribution in [0.15, 0.2) is 73.6 Å². The number of aryl methyl sites for hydroxylation is 1. The number of rotatable bonds is 12. The molecule has 0 aliphatic carbocycles. The van der Waals surface area contributed by atoms with Gasteiger partial charge in [0.2, 0.25) is 0 Å². The van der Waals surface area contributed by atoms with E-state index in [0.717, 1.165) is 36.0 Å². The lowest BCUT2D eigenvalue weighted by atomic mass is 10.2. The molecule has 2 aromatic carbocycles. The summed E-state index contributed by atoms with van der Waals surface area (Å²) in [6, 6.07) is 16.2. The van der Waals surface area contributed by atoms with Crippen LogP contribution in [-0.2, 0) is 23.7 Å². The van der Waals surface area contributed by atoms with Crippen molar-refractivity contribution >= 4 is 12.2 Å². The van der Waals surface area contributed by atoms with Crippen molar-refractivity contribution in [3.05, 3.63) is 96.1 Å². The fraction of sp³-hybridized carbons (Fsp3) is 0.333. The molecule has 0 aliphatic heterocycles. The Labute approximate surface area is 213 Å². The van der Waals surface area contributed by atoms with Crippen LogP contribution in [0.3, 0.4) is 0 Å². The Bertz CT molecular complexity index is 933. The second-order valence-electron chi connectivity index (χ2n) is 7.83. The largest absolute Gasteiger partial charge is 0.497 e. The van der Waals surface area contributed by atoms with E-state index in [0.29, 0.717) is 6.42 Å². The van der Waals surface area contributed by atoms with E-state index in [4.69, 9.17) is 18.8 Å². The predicted octanol–water partition coefficient (Wildman–Crippen LogP) is 5.18. The number of methoxy groups -OCH3 is 2. The number of ether oxygens (including phenoxy) is 2. The van der Waals surface area contributed by atoms with Gasteiger partial charge in [-0.25, -0.2) is 14.3 Å². The lowest BCUT2D eigenvalue weighted by molar-refractivity contribution is 0.241. The normalized spacial score (nSPS) is 11.4. The van der Waals surface area contributed by atoms with Crippen molar-refractivity contribution in [3.8, 4) is 11.5 Å². The van der Waals surface area contributed by atoms with Gasteiger partial charge in [-0.2, -0.15) is 0 Å². The number of hydrogen-bond donors (Lipinski definition) is 1. The van der Waals surface area contributed by atoms with Crippen LogP contribution in [0, 0.1) is 6.92 Å². The standard InChI is InChI=1S/C24H29N3O3S.C3H6O/c1-18-14-25-24(26-15-18)13-19(2)30-31-27(16-20-5-9-22(28-3)10-6-20)17-21-7-11-23(29-4)12-8-21;1-2-3-4/h5-12,14-15,19H,13,16-17H2,1-4H3;2,4H,1,3H2. The summed E-state index contributed by atoms with van der Waals surface area (Å²) in [4.78, 5) is 8.75. The van der Waals surface area contributed by atoms with Crippen molar-refractivity contribution in [3.63, 3.8) is 0 Å². The monoisotopic (exact) mass is 497 g/mol. The highest BCUT2D eigenvalue weighted by molar-refractivity contribution is 7.92. The third-order valence-electron chi connectivity index (χ3n) is 4.78. The highest BCUT2D eigenvalue weighted by Gasteiger charge is 2.14. The van der Waals surface area contributed by atoms with Crippen molar-refractivity contribution in [2.75, 3.05) is 20.8 Å². The van der Waals surface area contributed by atoms with Crippen LogP contribution in [-0.4, -0.2) is 46.3 Å². The smallest absolute Gasteiger partial charge is 0.130 e. The number of nitrogens with zero attached hydrogens (tertiary/aromatic N) is 3. The van der Waals surface area contributed by atoms with E-state index < -0.39 is 0 Å². The second-order valence-corrected chi connectivity index (χ2v) is 8.69. The fourth-order valence-electron chi connectivity index (χ4n) is 2.93. The molecule has 1 atom stereocenters. The Morgan fingerprint density at radius 2 is 1.40 bits per heavy atom. The van der Waals surface area contributed by atoms with Gasteiger partial charge in [0.1, 0.15) is 17.3 Å². The molecule has 0 fully saturated rings. The van der Waals surface area contributed by atoms with Gasteiger partial charge >= 0.3 is 0 Å². The minimum atomic E-state index is -0.0260. The summed E-state index contributed by atoms with van der Waals surface area (Å²) >= 11 is 1.38. The molecule has 1 aromatic heterocycles. The van der Waals surface area contributed by atoms with Gasteiger partial charge in [-0.05, 0) is 54.8 Å². The van der Waals surface area contributed by atoms with Gasteiger partial charge in [0.15, 0.2) is 0 Å². The van der Waals surface area contributed by atoms with Crippen molar-refractivity contribution in [2.45, 2.75) is 39.5 Å². The van der Waals surface area contributed by atoms with Crippen molar-refractivity contribution in [1.82, 2.24) is 14.3 Å². The lowest BCUT2D eigenvalue weighted by Gasteiger charge is -2.22. The molecule has 0 bridgehead atoms. The summed E-state index contributed by atoms with van der Waals surface area (Å²) in [5, 5.41) is 7.76. The molecule has 1 N–H and O–H groups in total. The van der Waals surface area contributed by atoms with Gasteiger partial charge in [0.05, 0.1) is 39.2 Å². The van der Waals surface area contributed by atoms with Gasteiger partial charge in [0, 0.05) is 31.9 Å². The van der Waals surface area contributed by atoms with Gasteiger partial charge in [-0.3, -0.25) is 4.18 Å². The van der Waals surface area contributed by atoms with Crippen LogP contribution in [0.2, 0.25) is 0 Å². The molecule has 3 rings (SSSR count). The maximum absolute atomic E-state index is 7.76. The van der Waals surface area contributed by atoms with E-state index in [1.165, 1.54) is 29.4 Å². The quantitative estimate of drug-likeness (QED) is 0.208. The summed E-state index contributed by atoms with van der Waals surface area (Å²) in [7, 11) is 3.35. The molecule has 0 aliphatic rings. The molecule has 1 unspecified atom stereocenters. The maximum Gasteiger partial charge on any atom is 0.130 e. The third-order valence-corrected chi connectivity index (χ3v) is 5.67. The first-order valence-corrected chi connectivity index (χ1v) is 12.0. The van der Waals surface area contributed by atoms with Gasteiger partial charge in [-0.1, -0.05) is 30.3 Å². The van der Waals surface area contributed by atoms with Crippen LogP contribution >= 0.6 is 12.2 Å². The van der Waals surface area contributed by atoms with E-state index in [9.17, 15) is 0 Å². The maximum atomic E-state index is 7.76. The molecule has 3 aromatic rings. The number of aromatic nitrogens is 2. The average Bonchev–Trinajstić information content (AvgIpc) is 2.89. The number of hydrogen-bond acceptors (Lipinski definition) is 8. The molecule has 0 amide bonds. The first kappa shape index (κ1) is 28.3. The Balaban J connectivity index is 0.00000100. The Hall–Kier alpha value is -2.91. The molecule has 0 saturated heterocycles. The zero-order valence-corrected chi connectivity index (χ0v) is 21.7. The van der Waals surface area contributed by atoms with E-state index in [1.54, 1.807) is 14.2 Å². The molecule has 0 saturated carbocycles. The summed E-state index contributed by atoms with van der Waals surface area (Å²) in [5.41, 5.74) is 3.41. The molecule has 8 heteroatoms. The molecule has 188 valence electrons. The number of aliphatic hydroxyl groups excluding tert-OH is 1. The zero-order chi connectivity index (χ0) is 25.5. The topological polar surface area (TPSA) is 76.9 Å². The molecule has 35 heavy (non-hydrogen) atoms. The van der Waals surface area contributed by atoms with Crippen LogP contribution < -0.4 is 9.47 Å². The first-order valence-electron chi connectivity index (χ1n) is 11.3. The van der Waals surface area contributed by atoms with E-state index in [-0.39, 0.29) is 12.7 Å². The minimum Gasteiger partial charge on any atom is -0.497 e. The number of aliphatic hydroxyl groups is 1. The van der Waals surface area contributed by atoms with Gasteiger partial charge < -0.3 is 14.6 Å². The first-order chi connectivity index (χ1) is 17.0. The van der Waals surface area contributed by atoms with Crippen molar-refractivity contribution in [2.24, 2.45) is 0 Å². The fourth-order valence-corrected chi connectivity index (χ4v) is 3.67. The van der Waals surface area contributed by atoms with Crippen molar-refractivity contribution in [1.29, 1.82) is 0 Å². The summed E-state index contributed by atoms with van der Waals surface area (Å²) in [6.45, 7) is 8.79. The molecular weight excluding hydrogens is 462 g/mol. The average molecular weight is 498 g/mol. The van der Waals surface area contributed by atoms with Gasteiger partial charge in [-0.15, -0.1) is 6.58 Å². The Morgan fingerprint density at radius 3 is 1.80 bits per heavy atom. The zero-order valence-electron chi connectivity index (χ0n) is 20.9. The SMILES string of the molecule is C=CCO.COc1ccc(CN(Cc2ccc(OC)cc2)SOC(C)Cc2ncc(C)cn2)cc1. The van der Waals surface area contributed by atoms with E-state index in [1.807, 2.05) is 50.5 Å². The highest BCUT2D eigenvalue weighted by Crippen LogP contribution is 2.24. The molecule has 1 heterocycles. The Kier molecular flexibility index (Phi) is 12.9. The highest BCUT2D eigenvalue weighted by atomic mass is 32.2. The van der Waals surface area contributed by atoms with Gasteiger partial charge in [0.25, 0.3) is 0 Å². The third kappa shape index (κ3) is 10.9. The Morgan fingerprint density at radius 1 is 0.943 bits per heavy atom. The van der Waals surface area contributed by atoms with Crippen LogP contribution in [0.4, 0.5) is 0 Å². The van der Waals surface area contributed by atoms with Crippen LogP contribution in [0.25, 0.3) is 0 Å². The predicted molar refractivity (Wildman–Crippen MR) is 141 cm³/mol. The van der Waals surface area contributed by atoms with Crippen molar-refractivity contribution < 1.29 is 18.8 Å². The number of benzene rings is 2. The lowest BCUT2D eigenvalue weighted by Crippen LogP contribution is -2.19. The summed E-state index contributed by atoms with van der Waals surface area (Å²) < 4.78 is 18.8. The molecular formula is C27H35N3O4S. The van der Waals surface area contributed by atoms with Crippen LogP contribution in [0.5, 0.6) is 11.5 Å².